The normalized spacial score (nSPS) is 12.5. The molecule has 0 aliphatic carbocycles. The lowest BCUT2D eigenvalue weighted by Gasteiger charge is -2.19. The van der Waals surface area contributed by atoms with Crippen LogP contribution in [0, 0.1) is 5.82 Å². The smallest absolute Gasteiger partial charge is 0.204 e. The van der Waals surface area contributed by atoms with Crippen molar-refractivity contribution in [3.8, 4) is 34.3 Å². The average molecular weight is 448 g/mol. The third-order valence-electron chi connectivity index (χ3n) is 5.18. The van der Waals surface area contributed by atoms with E-state index in [1.807, 2.05) is 0 Å². The molecule has 0 bridgehead atoms. The van der Waals surface area contributed by atoms with Crippen LogP contribution in [0.15, 0.2) is 69.9 Å². The molecule has 1 aromatic heterocycles. The summed E-state index contributed by atoms with van der Waals surface area (Å²) in [5.41, 5.74) is 0.696. The van der Waals surface area contributed by atoms with Crippen LogP contribution in [0.25, 0.3) is 22.3 Å². The van der Waals surface area contributed by atoms with E-state index < -0.39 is 11.2 Å². The molecule has 0 saturated heterocycles. The van der Waals surface area contributed by atoms with Gasteiger partial charge < -0.3 is 23.7 Å². The van der Waals surface area contributed by atoms with Crippen molar-refractivity contribution in [3.63, 3.8) is 0 Å². The molecule has 5 rings (SSSR count). The first kappa shape index (κ1) is 20.6. The van der Waals surface area contributed by atoms with E-state index in [2.05, 4.69) is 0 Å². The van der Waals surface area contributed by atoms with Gasteiger partial charge in [0.05, 0.1) is 0 Å². The lowest BCUT2D eigenvalue weighted by molar-refractivity contribution is 0.0921. The molecule has 0 fully saturated rings. The molecule has 1 N–H and O–H groups in total. The highest BCUT2D eigenvalue weighted by Crippen LogP contribution is 2.43. The fourth-order valence-corrected chi connectivity index (χ4v) is 3.53. The number of phenols is 1. The molecular formula is C25H17FO7. The number of hydrogen-bond donors (Lipinski definition) is 1. The summed E-state index contributed by atoms with van der Waals surface area (Å²) in [4.78, 5) is 24.9. The number of hydrogen-bond acceptors (Lipinski definition) is 7. The van der Waals surface area contributed by atoms with Gasteiger partial charge in [0, 0.05) is 23.3 Å². The first-order valence-corrected chi connectivity index (χ1v) is 10.1. The summed E-state index contributed by atoms with van der Waals surface area (Å²) in [5.74, 6) is 0.157. The Hall–Kier alpha value is -4.33. The van der Waals surface area contributed by atoms with Gasteiger partial charge in [-0.2, -0.15) is 0 Å². The van der Waals surface area contributed by atoms with Crippen LogP contribution >= 0.6 is 0 Å². The highest BCUT2D eigenvalue weighted by Gasteiger charge is 2.22. The van der Waals surface area contributed by atoms with Crippen molar-refractivity contribution in [3.05, 3.63) is 82.3 Å². The minimum atomic E-state index is -0.425. The Kier molecular flexibility index (Phi) is 5.18. The van der Waals surface area contributed by atoms with Crippen LogP contribution in [0.1, 0.15) is 10.4 Å². The average Bonchev–Trinajstić information content (AvgIpc) is 2.83. The number of carbonyl (C=O) groups excluding carboxylic acids is 1. The van der Waals surface area contributed by atoms with Gasteiger partial charge >= 0.3 is 0 Å². The number of rotatable bonds is 5. The summed E-state index contributed by atoms with van der Waals surface area (Å²) in [6.07, 6.45) is 0. The van der Waals surface area contributed by atoms with E-state index in [0.717, 1.165) is 0 Å². The predicted molar refractivity (Wildman–Crippen MR) is 117 cm³/mol. The summed E-state index contributed by atoms with van der Waals surface area (Å²) >= 11 is 0. The molecule has 166 valence electrons. The van der Waals surface area contributed by atoms with Crippen molar-refractivity contribution in [1.29, 1.82) is 0 Å². The molecule has 0 amide bonds. The van der Waals surface area contributed by atoms with Gasteiger partial charge in [-0.25, -0.2) is 4.39 Å². The van der Waals surface area contributed by atoms with Gasteiger partial charge in [0.25, 0.3) is 0 Å². The number of carbonyl (C=O) groups is 1. The second-order valence-corrected chi connectivity index (χ2v) is 7.34. The van der Waals surface area contributed by atoms with Crippen LogP contribution in [0.5, 0.6) is 23.0 Å². The molecule has 0 spiro atoms. The van der Waals surface area contributed by atoms with Crippen LogP contribution in [-0.4, -0.2) is 30.7 Å². The summed E-state index contributed by atoms with van der Waals surface area (Å²) in [6.45, 7) is 0.398. The highest BCUT2D eigenvalue weighted by atomic mass is 19.1. The van der Waals surface area contributed by atoms with Gasteiger partial charge in [0.15, 0.2) is 29.3 Å². The van der Waals surface area contributed by atoms with Crippen molar-refractivity contribution < 1.29 is 32.9 Å². The Morgan fingerprint density at radius 1 is 1.00 bits per heavy atom. The summed E-state index contributed by atoms with van der Waals surface area (Å²) < 4.78 is 35.3. The van der Waals surface area contributed by atoms with Crippen molar-refractivity contribution in [2.45, 2.75) is 0 Å². The number of aromatic hydroxyl groups is 1. The number of Topliss-reactive ketones (excluding diaryl/α,β-unsaturated/α-hetero) is 1. The summed E-state index contributed by atoms with van der Waals surface area (Å²) in [6, 6.07) is 14.7. The Labute approximate surface area is 186 Å². The van der Waals surface area contributed by atoms with Crippen LogP contribution in [0.3, 0.4) is 0 Å². The number of ether oxygens (including phenoxy) is 3. The van der Waals surface area contributed by atoms with Crippen LogP contribution in [0.4, 0.5) is 4.39 Å². The zero-order valence-electron chi connectivity index (χ0n) is 17.2. The van der Waals surface area contributed by atoms with E-state index in [0.29, 0.717) is 29.2 Å². The van der Waals surface area contributed by atoms with Crippen LogP contribution in [-0.2, 0) is 0 Å². The molecule has 1 aliphatic rings. The second kappa shape index (κ2) is 8.31. The zero-order valence-corrected chi connectivity index (χ0v) is 17.2. The summed E-state index contributed by atoms with van der Waals surface area (Å²) in [7, 11) is 0. The van der Waals surface area contributed by atoms with Gasteiger partial charge in [-0.1, -0.05) is 0 Å². The fraction of sp³-hybridized carbons (Fsp3) is 0.120. The predicted octanol–water partition coefficient (Wildman–Crippen LogP) is 4.34. The van der Waals surface area contributed by atoms with Crippen LogP contribution in [0.2, 0.25) is 0 Å². The number of halogens is 1. The third kappa shape index (κ3) is 3.98. The monoisotopic (exact) mass is 448 g/mol. The molecule has 33 heavy (non-hydrogen) atoms. The SMILES string of the molecule is O=C(COc1ccc(-c2cc(=O)c3c(O)c4c(cc3o2)OCCO4)cc1)c1ccc(F)cc1. The number of ketones is 1. The second-order valence-electron chi connectivity index (χ2n) is 7.34. The molecule has 8 heteroatoms. The molecule has 0 unspecified atom stereocenters. The lowest BCUT2D eigenvalue weighted by atomic mass is 10.1. The molecule has 0 atom stereocenters. The van der Waals surface area contributed by atoms with Gasteiger partial charge in [-0.15, -0.1) is 0 Å². The van der Waals surface area contributed by atoms with E-state index in [-0.39, 0.29) is 47.2 Å². The van der Waals surface area contributed by atoms with Crippen molar-refractivity contribution in [2.75, 3.05) is 19.8 Å². The Bertz CT molecular complexity index is 1410. The molecular weight excluding hydrogens is 431 g/mol. The first-order valence-electron chi connectivity index (χ1n) is 10.1. The largest absolute Gasteiger partial charge is 0.504 e. The minimum Gasteiger partial charge on any atom is -0.504 e. The third-order valence-corrected chi connectivity index (χ3v) is 5.18. The summed E-state index contributed by atoms with van der Waals surface area (Å²) in [5, 5.41) is 10.5. The van der Waals surface area contributed by atoms with E-state index in [1.165, 1.54) is 36.4 Å². The minimum absolute atomic E-state index is 0.0160. The molecule has 4 aromatic rings. The topological polar surface area (TPSA) is 95.2 Å². The van der Waals surface area contributed by atoms with Gasteiger partial charge in [0.2, 0.25) is 5.75 Å². The zero-order chi connectivity index (χ0) is 22.9. The van der Waals surface area contributed by atoms with Gasteiger partial charge in [-0.3, -0.25) is 9.59 Å². The number of phenolic OH excluding ortho intramolecular Hbond substituents is 1. The molecule has 7 nitrogen and oxygen atoms in total. The standard InChI is InChI=1S/C25H17FO7/c26-16-5-1-14(2-6-16)19(28)13-32-17-7-3-15(4-8-17)20-11-18(27)23-21(33-20)12-22-25(24(23)29)31-10-9-30-22/h1-8,11-12,29H,9-10,13H2. The van der Waals surface area contributed by atoms with Crippen molar-refractivity contribution >= 4 is 16.8 Å². The molecule has 3 aromatic carbocycles. The van der Waals surface area contributed by atoms with Crippen LogP contribution < -0.4 is 19.6 Å². The number of fused-ring (bicyclic) bond motifs is 2. The van der Waals surface area contributed by atoms with Crippen molar-refractivity contribution in [1.82, 2.24) is 0 Å². The Morgan fingerprint density at radius 2 is 1.73 bits per heavy atom. The maximum atomic E-state index is 13.0. The van der Waals surface area contributed by atoms with E-state index in [9.17, 15) is 19.1 Å². The van der Waals surface area contributed by atoms with Crippen molar-refractivity contribution in [2.24, 2.45) is 0 Å². The highest BCUT2D eigenvalue weighted by molar-refractivity contribution is 5.97. The molecule has 1 aliphatic heterocycles. The maximum Gasteiger partial charge on any atom is 0.204 e. The van der Waals surface area contributed by atoms with E-state index in [4.69, 9.17) is 18.6 Å². The Balaban J connectivity index is 1.37. The Morgan fingerprint density at radius 3 is 2.48 bits per heavy atom. The molecule has 0 radical (unpaired) electrons. The lowest BCUT2D eigenvalue weighted by Crippen LogP contribution is -2.16. The molecule has 0 saturated carbocycles. The fourth-order valence-electron chi connectivity index (χ4n) is 3.53. The van der Waals surface area contributed by atoms with E-state index >= 15 is 0 Å². The van der Waals surface area contributed by atoms with Gasteiger partial charge in [-0.05, 0) is 48.5 Å². The quantitative estimate of drug-likeness (QED) is 0.454. The number of benzene rings is 3. The maximum absolute atomic E-state index is 13.0. The van der Waals surface area contributed by atoms with Gasteiger partial charge in [0.1, 0.15) is 41.5 Å². The van der Waals surface area contributed by atoms with E-state index in [1.54, 1.807) is 24.3 Å². The first-order chi connectivity index (χ1) is 16.0. The molecule has 2 heterocycles.